The van der Waals surface area contributed by atoms with Gasteiger partial charge in [0.2, 0.25) is 0 Å². The lowest BCUT2D eigenvalue weighted by Crippen LogP contribution is -2.25. The van der Waals surface area contributed by atoms with Gasteiger partial charge in [-0.2, -0.15) is 13.2 Å². The van der Waals surface area contributed by atoms with Crippen LogP contribution in [0.5, 0.6) is 5.88 Å². The van der Waals surface area contributed by atoms with Crippen LogP contribution in [-0.4, -0.2) is 22.7 Å². The molecular weight excluding hydrogens is 307 g/mol. The zero-order valence-electron chi connectivity index (χ0n) is 11.2. The van der Waals surface area contributed by atoms with E-state index in [4.69, 9.17) is 9.26 Å². The Morgan fingerprint density at radius 1 is 1.45 bits per heavy atom. The van der Waals surface area contributed by atoms with Crippen molar-refractivity contribution in [2.45, 2.75) is 13.1 Å². The van der Waals surface area contributed by atoms with Crippen molar-refractivity contribution in [3.63, 3.8) is 0 Å². The van der Waals surface area contributed by atoms with Crippen LogP contribution in [0.25, 0.3) is 0 Å². The molecule has 2 N–H and O–H groups in total. The molecule has 0 saturated carbocycles. The predicted octanol–water partition coefficient (Wildman–Crippen LogP) is 1.71. The molecule has 0 aliphatic heterocycles. The highest BCUT2D eigenvalue weighted by Crippen LogP contribution is 2.29. The summed E-state index contributed by atoms with van der Waals surface area (Å²) in [6.45, 7) is 1.07. The van der Waals surface area contributed by atoms with E-state index in [2.05, 4.69) is 5.16 Å². The number of carbonyl (C=O) groups excluding carboxylic acids is 1. The number of alkyl halides is 3. The van der Waals surface area contributed by atoms with Crippen LogP contribution in [0.2, 0.25) is 0 Å². The molecule has 0 radical (unpaired) electrons. The van der Waals surface area contributed by atoms with Crippen LogP contribution < -0.4 is 15.6 Å². The van der Waals surface area contributed by atoms with Crippen molar-refractivity contribution < 1.29 is 27.2 Å². The molecular formula is C12H10F3N3O4. The fraction of sp³-hybridized carbons (Fsp3) is 0.250. The van der Waals surface area contributed by atoms with Gasteiger partial charge < -0.3 is 19.6 Å². The number of aryl methyl sites for hydroxylation is 1. The summed E-state index contributed by atoms with van der Waals surface area (Å²) in [4.78, 5) is 24.9. The number of nitrogens with zero attached hydrogens (tertiary/aromatic N) is 1. The lowest BCUT2D eigenvalue weighted by molar-refractivity contribution is -0.137. The van der Waals surface area contributed by atoms with Crippen molar-refractivity contribution >= 4 is 11.6 Å². The summed E-state index contributed by atoms with van der Waals surface area (Å²) in [5.74, 6) is -0.305. The summed E-state index contributed by atoms with van der Waals surface area (Å²) in [5.41, 5.74) is -2.48. The molecule has 2 aromatic heterocycles. The Kier molecular flexibility index (Phi) is 4.20. The number of amides is 1. The SMILES string of the molecule is Cc1cc(OCC(=O)Nc2cc(C(F)(F)F)c[nH]c2=O)no1. The van der Waals surface area contributed by atoms with Crippen molar-refractivity contribution in [3.8, 4) is 5.88 Å². The van der Waals surface area contributed by atoms with Crippen molar-refractivity contribution in [2.75, 3.05) is 11.9 Å². The monoisotopic (exact) mass is 317 g/mol. The summed E-state index contributed by atoms with van der Waals surface area (Å²) in [7, 11) is 0. The van der Waals surface area contributed by atoms with E-state index in [-0.39, 0.29) is 5.88 Å². The third kappa shape index (κ3) is 3.87. The predicted molar refractivity (Wildman–Crippen MR) is 67.4 cm³/mol. The molecule has 0 aliphatic carbocycles. The molecule has 0 fully saturated rings. The van der Waals surface area contributed by atoms with Crippen LogP contribution >= 0.6 is 0 Å². The molecule has 2 heterocycles. The van der Waals surface area contributed by atoms with Crippen LogP contribution in [0.15, 0.2) is 27.6 Å². The Balaban J connectivity index is 2.03. The van der Waals surface area contributed by atoms with E-state index < -0.39 is 35.5 Å². The molecule has 0 unspecified atom stereocenters. The lowest BCUT2D eigenvalue weighted by Gasteiger charge is -2.09. The summed E-state index contributed by atoms with van der Waals surface area (Å²) in [6.07, 6.45) is -4.12. The molecule has 0 spiro atoms. The third-order valence-electron chi connectivity index (χ3n) is 2.46. The maximum atomic E-state index is 12.5. The topological polar surface area (TPSA) is 97.2 Å². The number of hydrogen-bond donors (Lipinski definition) is 2. The number of halogens is 3. The first-order valence-corrected chi connectivity index (χ1v) is 5.91. The van der Waals surface area contributed by atoms with Gasteiger partial charge in [0.15, 0.2) is 6.61 Å². The van der Waals surface area contributed by atoms with Crippen LogP contribution in [0, 0.1) is 6.92 Å². The first kappa shape index (κ1) is 15.6. The molecule has 118 valence electrons. The van der Waals surface area contributed by atoms with E-state index in [1.807, 2.05) is 10.3 Å². The van der Waals surface area contributed by atoms with Crippen molar-refractivity contribution in [3.05, 3.63) is 40.0 Å². The molecule has 0 atom stereocenters. The quantitative estimate of drug-likeness (QED) is 0.894. The Bertz CT molecular complexity index is 736. The van der Waals surface area contributed by atoms with Gasteiger partial charge in [-0.25, -0.2) is 0 Å². The van der Waals surface area contributed by atoms with Crippen molar-refractivity contribution in [2.24, 2.45) is 0 Å². The number of ether oxygens (including phenoxy) is 1. The van der Waals surface area contributed by atoms with Gasteiger partial charge in [-0.3, -0.25) is 9.59 Å². The summed E-state index contributed by atoms with van der Waals surface area (Å²) >= 11 is 0. The number of hydrogen-bond acceptors (Lipinski definition) is 5. The first-order valence-electron chi connectivity index (χ1n) is 5.91. The van der Waals surface area contributed by atoms with Crippen molar-refractivity contribution in [1.82, 2.24) is 10.1 Å². The van der Waals surface area contributed by atoms with Gasteiger partial charge in [-0.05, 0) is 18.1 Å². The molecule has 0 aromatic carbocycles. The Morgan fingerprint density at radius 3 is 2.77 bits per heavy atom. The average molecular weight is 317 g/mol. The Morgan fingerprint density at radius 2 is 2.18 bits per heavy atom. The van der Waals surface area contributed by atoms with Gasteiger partial charge in [0.1, 0.15) is 11.4 Å². The Labute approximate surface area is 121 Å². The lowest BCUT2D eigenvalue weighted by atomic mass is 10.2. The first-order chi connectivity index (χ1) is 10.3. The van der Waals surface area contributed by atoms with Crippen LogP contribution in [0.4, 0.5) is 18.9 Å². The summed E-state index contributed by atoms with van der Waals surface area (Å²) in [5, 5.41) is 5.50. The van der Waals surface area contributed by atoms with Gasteiger partial charge in [-0.1, -0.05) is 0 Å². The highest BCUT2D eigenvalue weighted by Gasteiger charge is 2.31. The normalized spacial score (nSPS) is 11.3. The second-order valence-corrected chi connectivity index (χ2v) is 4.24. The van der Waals surface area contributed by atoms with Gasteiger partial charge in [0, 0.05) is 12.3 Å². The minimum absolute atomic E-state index is 0.0469. The van der Waals surface area contributed by atoms with Crippen LogP contribution in [0.3, 0.4) is 0 Å². The van der Waals surface area contributed by atoms with E-state index in [1.54, 1.807) is 6.92 Å². The van der Waals surface area contributed by atoms with E-state index in [0.29, 0.717) is 18.0 Å². The molecule has 2 aromatic rings. The molecule has 1 amide bonds. The van der Waals surface area contributed by atoms with E-state index in [1.165, 1.54) is 6.07 Å². The zero-order chi connectivity index (χ0) is 16.3. The summed E-state index contributed by atoms with van der Waals surface area (Å²) < 4.78 is 47.2. The highest BCUT2D eigenvalue weighted by atomic mass is 19.4. The smallest absolute Gasteiger partial charge is 0.417 e. The Hall–Kier alpha value is -2.78. The maximum absolute atomic E-state index is 12.5. The fourth-order valence-corrected chi connectivity index (χ4v) is 1.48. The molecule has 10 heteroatoms. The number of rotatable bonds is 4. The minimum Gasteiger partial charge on any atom is -0.465 e. The third-order valence-corrected chi connectivity index (χ3v) is 2.46. The number of aromatic nitrogens is 2. The summed E-state index contributed by atoms with van der Waals surface area (Å²) in [6, 6.07) is 1.96. The largest absolute Gasteiger partial charge is 0.465 e. The molecule has 2 rings (SSSR count). The highest BCUT2D eigenvalue weighted by molar-refractivity contribution is 5.91. The number of pyridine rings is 1. The average Bonchev–Trinajstić information content (AvgIpc) is 2.83. The number of aromatic amines is 1. The number of anilines is 1. The van der Waals surface area contributed by atoms with Gasteiger partial charge in [0.25, 0.3) is 17.3 Å². The second kappa shape index (κ2) is 5.92. The fourth-order valence-electron chi connectivity index (χ4n) is 1.48. The molecule has 22 heavy (non-hydrogen) atoms. The molecule has 0 aliphatic rings. The second-order valence-electron chi connectivity index (χ2n) is 4.24. The molecule has 0 bridgehead atoms. The molecule has 0 saturated heterocycles. The number of H-pyrrole nitrogens is 1. The van der Waals surface area contributed by atoms with Crippen molar-refractivity contribution in [1.29, 1.82) is 0 Å². The minimum atomic E-state index is -4.64. The number of nitrogens with one attached hydrogen (secondary N) is 2. The van der Waals surface area contributed by atoms with Crippen LogP contribution in [0.1, 0.15) is 11.3 Å². The van der Waals surface area contributed by atoms with Crippen LogP contribution in [-0.2, 0) is 11.0 Å². The molecule has 7 nitrogen and oxygen atoms in total. The van der Waals surface area contributed by atoms with E-state index in [9.17, 15) is 22.8 Å². The van der Waals surface area contributed by atoms with Gasteiger partial charge in [0.05, 0.1) is 5.56 Å². The maximum Gasteiger partial charge on any atom is 0.417 e. The van der Waals surface area contributed by atoms with Gasteiger partial charge >= 0.3 is 6.18 Å². The zero-order valence-corrected chi connectivity index (χ0v) is 11.2. The van der Waals surface area contributed by atoms with Gasteiger partial charge in [-0.15, -0.1) is 0 Å². The number of carbonyl (C=O) groups is 1. The van der Waals surface area contributed by atoms with E-state index in [0.717, 1.165) is 0 Å². The van der Waals surface area contributed by atoms with E-state index >= 15 is 0 Å². The standard InChI is InChI=1S/C12H10F3N3O4/c1-6-2-10(18-22-6)21-5-9(19)17-8-3-7(12(13,14)15)4-16-11(8)20/h2-4H,5H2,1H3,(H,16,20)(H,17,19).